The maximum absolute atomic E-state index is 11.4. The molecule has 0 fully saturated rings. The molecule has 0 aromatic heterocycles. The molecule has 3 heteroatoms. The van der Waals surface area contributed by atoms with Crippen molar-refractivity contribution < 1.29 is 9.53 Å². The maximum Gasteiger partial charge on any atom is 0.308 e. The number of hydrogen-bond acceptors (Lipinski definition) is 3. The third kappa shape index (κ3) is 4.88. The van der Waals surface area contributed by atoms with Crippen LogP contribution in [0.15, 0.2) is 0 Å². The molecule has 0 saturated heterocycles. The first-order valence-electron chi connectivity index (χ1n) is 4.89. The second kappa shape index (κ2) is 5.97. The fourth-order valence-corrected chi connectivity index (χ4v) is 0.803. The van der Waals surface area contributed by atoms with Crippen LogP contribution in [0.4, 0.5) is 0 Å². The molecule has 78 valence electrons. The van der Waals surface area contributed by atoms with Crippen LogP contribution in [0.2, 0.25) is 0 Å². The summed E-state index contributed by atoms with van der Waals surface area (Å²) in [6.07, 6.45) is 0.691. The summed E-state index contributed by atoms with van der Waals surface area (Å²) in [6, 6.07) is 0. The van der Waals surface area contributed by atoms with E-state index in [-0.39, 0.29) is 18.0 Å². The minimum absolute atomic E-state index is 0.00674. The number of rotatable bonds is 5. The van der Waals surface area contributed by atoms with Gasteiger partial charge in [-0.25, -0.2) is 0 Å². The molecule has 0 bridgehead atoms. The first kappa shape index (κ1) is 12.4. The SMILES string of the molecule is CC(CCN)C(=O)OC(C)C(C)C. The van der Waals surface area contributed by atoms with Gasteiger partial charge in [-0.05, 0) is 25.8 Å². The molecule has 2 atom stereocenters. The Morgan fingerprint density at radius 1 is 1.31 bits per heavy atom. The van der Waals surface area contributed by atoms with E-state index in [1.165, 1.54) is 0 Å². The highest BCUT2D eigenvalue weighted by Crippen LogP contribution is 2.10. The second-order valence-electron chi connectivity index (χ2n) is 3.86. The number of carbonyl (C=O) groups is 1. The van der Waals surface area contributed by atoms with Gasteiger partial charge in [0.05, 0.1) is 5.92 Å². The van der Waals surface area contributed by atoms with Gasteiger partial charge in [-0.2, -0.15) is 0 Å². The third-order valence-corrected chi connectivity index (χ3v) is 2.24. The van der Waals surface area contributed by atoms with Crippen molar-refractivity contribution in [3.63, 3.8) is 0 Å². The smallest absolute Gasteiger partial charge is 0.308 e. The molecule has 2 unspecified atom stereocenters. The third-order valence-electron chi connectivity index (χ3n) is 2.24. The van der Waals surface area contributed by atoms with E-state index in [9.17, 15) is 4.79 Å². The Morgan fingerprint density at radius 3 is 2.23 bits per heavy atom. The van der Waals surface area contributed by atoms with Gasteiger partial charge in [-0.1, -0.05) is 20.8 Å². The van der Waals surface area contributed by atoms with Gasteiger partial charge in [0, 0.05) is 0 Å². The Balaban J connectivity index is 3.85. The first-order chi connectivity index (χ1) is 5.99. The molecule has 0 aromatic carbocycles. The molecule has 0 aliphatic carbocycles. The van der Waals surface area contributed by atoms with E-state index < -0.39 is 0 Å². The van der Waals surface area contributed by atoms with Crippen LogP contribution in [0.1, 0.15) is 34.1 Å². The fourth-order valence-electron chi connectivity index (χ4n) is 0.803. The van der Waals surface area contributed by atoms with Gasteiger partial charge in [0.15, 0.2) is 0 Å². The fraction of sp³-hybridized carbons (Fsp3) is 0.900. The minimum Gasteiger partial charge on any atom is -0.462 e. The molecule has 0 aliphatic heterocycles. The Bertz CT molecular complexity index is 157. The van der Waals surface area contributed by atoms with Crippen LogP contribution in [0, 0.1) is 11.8 Å². The lowest BCUT2D eigenvalue weighted by Crippen LogP contribution is -2.25. The predicted molar refractivity (Wildman–Crippen MR) is 53.2 cm³/mol. The topological polar surface area (TPSA) is 52.3 Å². The summed E-state index contributed by atoms with van der Waals surface area (Å²) in [7, 11) is 0. The Kier molecular flexibility index (Phi) is 5.71. The number of esters is 1. The van der Waals surface area contributed by atoms with Crippen LogP contribution in [0.5, 0.6) is 0 Å². The van der Waals surface area contributed by atoms with Gasteiger partial charge in [0.2, 0.25) is 0 Å². The molecule has 0 rings (SSSR count). The number of ether oxygens (including phenoxy) is 1. The van der Waals surface area contributed by atoms with Crippen molar-refractivity contribution in [3.05, 3.63) is 0 Å². The summed E-state index contributed by atoms with van der Waals surface area (Å²) in [5, 5.41) is 0. The summed E-state index contributed by atoms with van der Waals surface area (Å²) >= 11 is 0. The molecule has 0 spiro atoms. The molecule has 0 heterocycles. The van der Waals surface area contributed by atoms with E-state index in [1.807, 2.05) is 27.7 Å². The standard InChI is InChI=1S/C10H21NO2/c1-7(2)9(4)13-10(12)8(3)5-6-11/h7-9H,5-6,11H2,1-4H3. The largest absolute Gasteiger partial charge is 0.462 e. The molecule has 0 radical (unpaired) electrons. The highest BCUT2D eigenvalue weighted by Gasteiger charge is 2.18. The molecule has 0 aromatic rings. The highest BCUT2D eigenvalue weighted by atomic mass is 16.5. The minimum atomic E-state index is -0.133. The number of hydrogen-bond donors (Lipinski definition) is 1. The van der Waals surface area contributed by atoms with Crippen LogP contribution in [0.25, 0.3) is 0 Å². The van der Waals surface area contributed by atoms with E-state index in [0.717, 1.165) is 0 Å². The van der Waals surface area contributed by atoms with Crippen molar-refractivity contribution in [3.8, 4) is 0 Å². The van der Waals surface area contributed by atoms with E-state index in [1.54, 1.807) is 0 Å². The van der Waals surface area contributed by atoms with Crippen LogP contribution >= 0.6 is 0 Å². The summed E-state index contributed by atoms with van der Waals surface area (Å²) in [5.74, 6) is 0.159. The van der Waals surface area contributed by atoms with Crippen molar-refractivity contribution in [2.45, 2.75) is 40.2 Å². The quantitative estimate of drug-likeness (QED) is 0.664. The zero-order chi connectivity index (χ0) is 10.4. The summed E-state index contributed by atoms with van der Waals surface area (Å²) < 4.78 is 5.23. The molecule has 0 amide bonds. The lowest BCUT2D eigenvalue weighted by molar-refractivity contribution is -0.154. The second-order valence-corrected chi connectivity index (χ2v) is 3.86. The lowest BCUT2D eigenvalue weighted by atomic mass is 10.1. The lowest BCUT2D eigenvalue weighted by Gasteiger charge is -2.19. The van der Waals surface area contributed by atoms with Crippen molar-refractivity contribution in [2.24, 2.45) is 17.6 Å². The normalized spacial score (nSPS) is 15.5. The average Bonchev–Trinajstić information content (AvgIpc) is 2.04. The van der Waals surface area contributed by atoms with E-state index in [0.29, 0.717) is 18.9 Å². The van der Waals surface area contributed by atoms with Gasteiger partial charge < -0.3 is 10.5 Å². The zero-order valence-corrected chi connectivity index (χ0v) is 9.04. The monoisotopic (exact) mass is 187 g/mol. The molecule has 13 heavy (non-hydrogen) atoms. The van der Waals surface area contributed by atoms with E-state index in [2.05, 4.69) is 0 Å². The summed E-state index contributed by atoms with van der Waals surface area (Å²) in [4.78, 5) is 11.4. The van der Waals surface area contributed by atoms with Gasteiger partial charge >= 0.3 is 5.97 Å². The summed E-state index contributed by atoms with van der Waals surface area (Å²) in [6.45, 7) is 8.36. The van der Waals surface area contributed by atoms with Crippen LogP contribution in [0.3, 0.4) is 0 Å². The molecule has 2 N–H and O–H groups in total. The number of carbonyl (C=O) groups excluding carboxylic acids is 1. The zero-order valence-electron chi connectivity index (χ0n) is 9.04. The van der Waals surface area contributed by atoms with Crippen LogP contribution < -0.4 is 5.73 Å². The van der Waals surface area contributed by atoms with Gasteiger partial charge in [-0.3, -0.25) is 4.79 Å². The Morgan fingerprint density at radius 2 is 1.85 bits per heavy atom. The molecular weight excluding hydrogens is 166 g/mol. The van der Waals surface area contributed by atoms with E-state index >= 15 is 0 Å². The van der Waals surface area contributed by atoms with E-state index in [4.69, 9.17) is 10.5 Å². The van der Waals surface area contributed by atoms with Crippen molar-refractivity contribution in [2.75, 3.05) is 6.54 Å². The highest BCUT2D eigenvalue weighted by molar-refractivity contribution is 5.72. The molecule has 0 aliphatic rings. The molecule has 0 saturated carbocycles. The van der Waals surface area contributed by atoms with Crippen LogP contribution in [-0.4, -0.2) is 18.6 Å². The first-order valence-corrected chi connectivity index (χ1v) is 4.89. The predicted octanol–water partition coefficient (Wildman–Crippen LogP) is 1.56. The van der Waals surface area contributed by atoms with Crippen molar-refractivity contribution >= 4 is 5.97 Å². The maximum atomic E-state index is 11.4. The average molecular weight is 187 g/mol. The van der Waals surface area contributed by atoms with Crippen molar-refractivity contribution in [1.29, 1.82) is 0 Å². The summed E-state index contributed by atoms with van der Waals surface area (Å²) in [5.41, 5.74) is 5.35. The molecule has 3 nitrogen and oxygen atoms in total. The number of nitrogens with two attached hydrogens (primary N) is 1. The Labute approximate surface area is 80.6 Å². The Hall–Kier alpha value is -0.570. The van der Waals surface area contributed by atoms with Crippen LogP contribution in [-0.2, 0) is 9.53 Å². The molecular formula is C10H21NO2. The van der Waals surface area contributed by atoms with Crippen molar-refractivity contribution in [1.82, 2.24) is 0 Å². The van der Waals surface area contributed by atoms with Gasteiger partial charge in [-0.15, -0.1) is 0 Å². The van der Waals surface area contributed by atoms with Gasteiger partial charge in [0.1, 0.15) is 6.10 Å². The van der Waals surface area contributed by atoms with Gasteiger partial charge in [0.25, 0.3) is 0 Å².